The van der Waals surface area contributed by atoms with Crippen molar-refractivity contribution < 1.29 is 0 Å². The molecule has 0 bridgehead atoms. The number of aryl methyl sites for hydroxylation is 1. The molecule has 1 aromatic rings. The Morgan fingerprint density at radius 1 is 1.06 bits per heavy atom. The number of benzene rings is 1. The second-order valence-electron chi connectivity index (χ2n) is 5.20. The van der Waals surface area contributed by atoms with Crippen LogP contribution in [0.1, 0.15) is 31.9 Å². The van der Waals surface area contributed by atoms with Gasteiger partial charge in [-0.15, -0.1) is 0 Å². The zero-order chi connectivity index (χ0) is 11.8. The Balaban J connectivity index is 2.39. The van der Waals surface area contributed by atoms with E-state index in [1.165, 1.54) is 22.3 Å². The Hall–Kier alpha value is -1.30. The van der Waals surface area contributed by atoms with E-state index in [1.807, 2.05) is 0 Å². The lowest BCUT2D eigenvalue weighted by Gasteiger charge is -2.25. The molecule has 0 aliphatic heterocycles. The summed E-state index contributed by atoms with van der Waals surface area (Å²) in [7, 11) is 0. The highest BCUT2D eigenvalue weighted by molar-refractivity contribution is 5.77. The van der Waals surface area contributed by atoms with Crippen molar-refractivity contribution in [3.8, 4) is 0 Å². The van der Waals surface area contributed by atoms with Gasteiger partial charge in [-0.2, -0.15) is 0 Å². The third kappa shape index (κ3) is 2.44. The van der Waals surface area contributed by atoms with Crippen molar-refractivity contribution in [1.29, 1.82) is 0 Å². The van der Waals surface area contributed by atoms with Crippen molar-refractivity contribution in [3.05, 3.63) is 59.5 Å². The molecular weight excluding hydrogens is 192 g/mol. The third-order valence-corrected chi connectivity index (χ3v) is 2.76. The highest BCUT2D eigenvalue weighted by Crippen LogP contribution is 2.35. The average molecular weight is 210 g/mol. The first-order chi connectivity index (χ1) is 7.46. The highest BCUT2D eigenvalue weighted by atomic mass is 14.2. The van der Waals surface area contributed by atoms with Gasteiger partial charge < -0.3 is 0 Å². The van der Waals surface area contributed by atoms with Crippen LogP contribution in [0.15, 0.2) is 35.9 Å². The Morgan fingerprint density at radius 2 is 1.81 bits per heavy atom. The van der Waals surface area contributed by atoms with Crippen molar-refractivity contribution in [3.63, 3.8) is 0 Å². The summed E-state index contributed by atoms with van der Waals surface area (Å²) < 4.78 is 0. The van der Waals surface area contributed by atoms with Crippen LogP contribution in [-0.2, 0) is 0 Å². The smallest absolute Gasteiger partial charge is 0.0155 e. The van der Waals surface area contributed by atoms with E-state index in [1.54, 1.807) is 0 Å². The summed E-state index contributed by atoms with van der Waals surface area (Å²) in [5, 5.41) is 0. The van der Waals surface area contributed by atoms with Gasteiger partial charge >= 0.3 is 0 Å². The van der Waals surface area contributed by atoms with Crippen LogP contribution in [0.3, 0.4) is 0 Å². The van der Waals surface area contributed by atoms with Crippen LogP contribution in [0.5, 0.6) is 0 Å². The van der Waals surface area contributed by atoms with Crippen molar-refractivity contribution in [2.75, 3.05) is 0 Å². The zero-order valence-corrected chi connectivity index (χ0v) is 10.5. The van der Waals surface area contributed by atoms with E-state index in [4.69, 9.17) is 0 Å². The number of rotatable bonds is 1. The maximum absolute atomic E-state index is 3.41. The third-order valence-electron chi connectivity index (χ3n) is 2.76. The molecule has 0 saturated carbocycles. The summed E-state index contributed by atoms with van der Waals surface area (Å²) >= 11 is 0. The van der Waals surface area contributed by atoms with Gasteiger partial charge in [0.15, 0.2) is 0 Å². The van der Waals surface area contributed by atoms with Crippen LogP contribution in [0.25, 0.3) is 5.57 Å². The van der Waals surface area contributed by atoms with E-state index in [9.17, 15) is 0 Å². The lowest BCUT2D eigenvalue weighted by molar-refractivity contribution is 0.618. The van der Waals surface area contributed by atoms with Crippen LogP contribution in [0.2, 0.25) is 0 Å². The number of hydrogen-bond acceptors (Lipinski definition) is 0. The fraction of sp³-hybridized carbons (Fsp3) is 0.312. The SMILES string of the molecule is CC1=CC(C)(C)C=C(c2[c]c(C)ccc2)[CH]1. The maximum Gasteiger partial charge on any atom is 0.0155 e. The second kappa shape index (κ2) is 3.93. The molecule has 0 saturated heterocycles. The van der Waals surface area contributed by atoms with E-state index in [0.29, 0.717) is 0 Å². The normalized spacial score (nSPS) is 19.0. The number of allylic oxidation sites excluding steroid dienone is 4. The predicted molar refractivity (Wildman–Crippen MR) is 69.8 cm³/mol. The monoisotopic (exact) mass is 210 g/mol. The summed E-state index contributed by atoms with van der Waals surface area (Å²) in [6.45, 7) is 8.71. The van der Waals surface area contributed by atoms with Gasteiger partial charge in [0.2, 0.25) is 0 Å². The van der Waals surface area contributed by atoms with E-state index in [2.05, 4.69) is 70.5 Å². The van der Waals surface area contributed by atoms with E-state index < -0.39 is 0 Å². The largest absolute Gasteiger partial charge is 0.0755 e. The van der Waals surface area contributed by atoms with Crippen molar-refractivity contribution in [2.24, 2.45) is 5.41 Å². The molecule has 0 heterocycles. The molecule has 1 aliphatic rings. The fourth-order valence-corrected chi connectivity index (χ4v) is 2.27. The first kappa shape index (κ1) is 11.2. The van der Waals surface area contributed by atoms with Gasteiger partial charge in [-0.3, -0.25) is 0 Å². The topological polar surface area (TPSA) is 0 Å². The predicted octanol–water partition coefficient (Wildman–Crippen LogP) is 4.37. The van der Waals surface area contributed by atoms with Crippen LogP contribution < -0.4 is 0 Å². The van der Waals surface area contributed by atoms with Crippen LogP contribution in [-0.4, -0.2) is 0 Å². The van der Waals surface area contributed by atoms with Crippen molar-refractivity contribution in [2.45, 2.75) is 27.7 Å². The lowest BCUT2D eigenvalue weighted by atomic mass is 9.80. The molecule has 0 aromatic heterocycles. The van der Waals surface area contributed by atoms with Gasteiger partial charge in [-0.05, 0) is 36.6 Å². The Kier molecular flexibility index (Phi) is 2.75. The minimum absolute atomic E-state index is 0.145. The summed E-state index contributed by atoms with van der Waals surface area (Å²) in [6, 6.07) is 9.72. The molecule has 0 heteroatoms. The van der Waals surface area contributed by atoms with Crippen LogP contribution in [0, 0.1) is 24.8 Å². The quantitative estimate of drug-likeness (QED) is 0.645. The Bertz CT molecular complexity index is 459. The molecule has 0 N–H and O–H groups in total. The Labute approximate surface area is 98.7 Å². The van der Waals surface area contributed by atoms with E-state index >= 15 is 0 Å². The molecule has 0 fully saturated rings. The molecule has 0 atom stereocenters. The molecule has 0 spiro atoms. The molecule has 2 rings (SSSR count). The van der Waals surface area contributed by atoms with Crippen LogP contribution in [0.4, 0.5) is 0 Å². The first-order valence-corrected chi connectivity index (χ1v) is 5.73. The molecule has 82 valence electrons. The molecule has 0 nitrogen and oxygen atoms in total. The average Bonchev–Trinajstić information content (AvgIpc) is 2.14. The summed E-state index contributed by atoms with van der Waals surface area (Å²) in [5.74, 6) is 0. The van der Waals surface area contributed by atoms with Gasteiger partial charge in [-0.25, -0.2) is 0 Å². The maximum atomic E-state index is 3.41. The molecular formula is C16H18. The van der Waals surface area contributed by atoms with Crippen LogP contribution >= 0.6 is 0 Å². The first-order valence-electron chi connectivity index (χ1n) is 5.73. The van der Waals surface area contributed by atoms with E-state index in [0.717, 1.165) is 0 Å². The Morgan fingerprint density at radius 3 is 2.44 bits per heavy atom. The van der Waals surface area contributed by atoms with Gasteiger partial charge in [0.1, 0.15) is 0 Å². The van der Waals surface area contributed by atoms with Gasteiger partial charge in [0.25, 0.3) is 0 Å². The van der Waals surface area contributed by atoms with Gasteiger partial charge in [0.05, 0.1) is 0 Å². The minimum atomic E-state index is 0.145. The minimum Gasteiger partial charge on any atom is -0.0755 e. The van der Waals surface area contributed by atoms with E-state index in [-0.39, 0.29) is 5.41 Å². The molecule has 0 amide bonds. The molecule has 1 aliphatic carbocycles. The van der Waals surface area contributed by atoms with Gasteiger partial charge in [0, 0.05) is 11.8 Å². The van der Waals surface area contributed by atoms with Gasteiger partial charge in [-0.1, -0.05) is 49.8 Å². The molecule has 16 heavy (non-hydrogen) atoms. The number of hydrogen-bond donors (Lipinski definition) is 0. The second-order valence-corrected chi connectivity index (χ2v) is 5.20. The molecule has 1 aromatic carbocycles. The van der Waals surface area contributed by atoms with Crippen molar-refractivity contribution >= 4 is 5.57 Å². The summed E-state index contributed by atoms with van der Waals surface area (Å²) in [4.78, 5) is 0. The standard InChI is InChI=1S/C16H18/c1-12-6-5-7-14(8-12)15-9-13(2)10-16(3,4)11-15/h5-7,9-11H,1-4H3. The summed E-state index contributed by atoms with van der Waals surface area (Å²) in [6.07, 6.45) is 6.84. The summed E-state index contributed by atoms with van der Waals surface area (Å²) in [5.41, 5.74) is 5.15. The fourth-order valence-electron chi connectivity index (χ4n) is 2.27. The molecule has 2 radical (unpaired) electrons. The highest BCUT2D eigenvalue weighted by Gasteiger charge is 2.19. The molecule has 0 unspecified atom stereocenters. The zero-order valence-electron chi connectivity index (χ0n) is 10.5. The lowest BCUT2D eigenvalue weighted by Crippen LogP contribution is -2.10. The van der Waals surface area contributed by atoms with Crippen molar-refractivity contribution in [1.82, 2.24) is 0 Å².